The first-order valence-electron chi connectivity index (χ1n) is 9.11. The summed E-state index contributed by atoms with van der Waals surface area (Å²) in [6.45, 7) is 15.2. The molecule has 148 valence electrons. The second-order valence-electron chi connectivity index (χ2n) is 8.52. The molecular weight excluding hydrogens is 336 g/mol. The number of ether oxygens (including phenoxy) is 1. The van der Waals surface area contributed by atoms with Gasteiger partial charge in [-0.05, 0) is 66.2 Å². The summed E-state index contributed by atoms with van der Waals surface area (Å²) in [7, 11) is 1.78. The highest BCUT2D eigenvalue weighted by Crippen LogP contribution is 2.27. The lowest BCUT2D eigenvalue weighted by molar-refractivity contribution is -0.125. The molecule has 6 heteroatoms. The molecule has 0 aromatic heterocycles. The van der Waals surface area contributed by atoms with Crippen LogP contribution in [0.25, 0.3) is 0 Å². The molecule has 0 rings (SSSR count). The van der Waals surface area contributed by atoms with Crippen LogP contribution in [0.2, 0.25) is 0 Å². The third kappa shape index (κ3) is 12.4. The predicted octanol–water partition coefficient (Wildman–Crippen LogP) is 3.02. The summed E-state index contributed by atoms with van der Waals surface area (Å²) in [6, 6.07) is -0.700. The maximum Gasteiger partial charge on any atom is 0.237 e. The zero-order valence-electron chi connectivity index (χ0n) is 17.3. The Labute approximate surface area is 158 Å². The maximum absolute atomic E-state index is 12.4. The van der Waals surface area contributed by atoms with E-state index >= 15 is 0 Å². The number of amides is 1. The number of likely N-dealkylation sites (N-methyl/N-ethyl adjacent to an activating group) is 1. The first-order chi connectivity index (χ1) is 11.4. The predicted molar refractivity (Wildman–Crippen MR) is 107 cm³/mol. The van der Waals surface area contributed by atoms with Crippen LogP contribution in [-0.2, 0) is 14.3 Å². The van der Waals surface area contributed by atoms with Gasteiger partial charge < -0.3 is 20.2 Å². The molecule has 0 fully saturated rings. The Kier molecular flexibility index (Phi) is 10.9. The second kappa shape index (κ2) is 11.2. The standard InChI is InChI=1S/C19H38N2O3S/c1-14(2)11-15(12-22)21-17(23)16(20-8)9-10-25-19(6,7)13-24-18(3,4)5/h12,14-16,20H,9-11,13H2,1-8H3,(H,21,23)/t15-,16-/m0/s1. The molecular formula is C19H38N2O3S. The van der Waals surface area contributed by atoms with E-state index in [1.54, 1.807) is 18.8 Å². The van der Waals surface area contributed by atoms with E-state index in [-0.39, 0.29) is 22.3 Å². The van der Waals surface area contributed by atoms with Gasteiger partial charge in [0.05, 0.1) is 24.3 Å². The maximum atomic E-state index is 12.4. The van der Waals surface area contributed by atoms with Gasteiger partial charge in [-0.1, -0.05) is 13.8 Å². The molecule has 0 bridgehead atoms. The van der Waals surface area contributed by atoms with Crippen LogP contribution in [-0.4, -0.2) is 54.0 Å². The molecule has 0 radical (unpaired) electrons. The van der Waals surface area contributed by atoms with Gasteiger partial charge in [0, 0.05) is 4.75 Å². The van der Waals surface area contributed by atoms with Crippen LogP contribution in [0.3, 0.4) is 0 Å². The van der Waals surface area contributed by atoms with Gasteiger partial charge in [0.15, 0.2) is 0 Å². The molecule has 0 heterocycles. The Morgan fingerprint density at radius 3 is 2.24 bits per heavy atom. The molecule has 1 amide bonds. The van der Waals surface area contributed by atoms with E-state index in [9.17, 15) is 9.59 Å². The minimum absolute atomic E-state index is 0.00891. The Bertz CT molecular complexity index is 406. The average Bonchev–Trinajstić information content (AvgIpc) is 2.47. The summed E-state index contributed by atoms with van der Waals surface area (Å²) in [5, 5.41) is 5.89. The summed E-state index contributed by atoms with van der Waals surface area (Å²) >= 11 is 1.80. The van der Waals surface area contributed by atoms with Crippen LogP contribution >= 0.6 is 11.8 Å². The van der Waals surface area contributed by atoms with Crippen molar-refractivity contribution in [3.05, 3.63) is 0 Å². The van der Waals surface area contributed by atoms with E-state index < -0.39 is 6.04 Å². The molecule has 0 saturated heterocycles. The molecule has 2 N–H and O–H groups in total. The Hall–Kier alpha value is -0.590. The summed E-state index contributed by atoms with van der Waals surface area (Å²) in [6.07, 6.45) is 2.20. The van der Waals surface area contributed by atoms with Crippen LogP contribution in [0, 0.1) is 5.92 Å². The van der Waals surface area contributed by atoms with Crippen molar-refractivity contribution in [3.63, 3.8) is 0 Å². The molecule has 0 aliphatic carbocycles. The number of aldehydes is 1. The van der Waals surface area contributed by atoms with Crippen molar-refractivity contribution >= 4 is 24.0 Å². The molecule has 5 nitrogen and oxygen atoms in total. The fraction of sp³-hybridized carbons (Fsp3) is 0.895. The smallest absolute Gasteiger partial charge is 0.237 e. The highest BCUT2D eigenvalue weighted by atomic mass is 32.2. The second-order valence-corrected chi connectivity index (χ2v) is 10.3. The Morgan fingerprint density at radius 2 is 1.80 bits per heavy atom. The molecule has 0 aliphatic rings. The third-order valence-electron chi connectivity index (χ3n) is 3.63. The summed E-state index contributed by atoms with van der Waals surface area (Å²) in [4.78, 5) is 23.5. The minimum Gasteiger partial charge on any atom is -0.374 e. The molecule has 0 saturated carbocycles. The van der Waals surface area contributed by atoms with Crippen LogP contribution in [0.1, 0.15) is 61.3 Å². The molecule has 0 aromatic carbocycles. The van der Waals surface area contributed by atoms with Crippen LogP contribution < -0.4 is 10.6 Å². The summed E-state index contributed by atoms with van der Waals surface area (Å²) in [5.74, 6) is 1.10. The molecule has 25 heavy (non-hydrogen) atoms. The Morgan fingerprint density at radius 1 is 1.20 bits per heavy atom. The van der Waals surface area contributed by atoms with E-state index in [1.807, 2.05) is 13.8 Å². The van der Waals surface area contributed by atoms with Gasteiger partial charge in [-0.25, -0.2) is 0 Å². The molecule has 0 unspecified atom stereocenters. The monoisotopic (exact) mass is 374 g/mol. The lowest BCUT2D eigenvalue weighted by atomic mass is 10.0. The normalized spacial score (nSPS) is 15.1. The molecule has 2 atom stereocenters. The van der Waals surface area contributed by atoms with Gasteiger partial charge in [-0.3, -0.25) is 4.79 Å². The number of carbonyl (C=O) groups is 2. The highest BCUT2D eigenvalue weighted by molar-refractivity contribution is 8.00. The largest absolute Gasteiger partial charge is 0.374 e. The van der Waals surface area contributed by atoms with Crippen LogP contribution in [0.4, 0.5) is 0 Å². The zero-order chi connectivity index (χ0) is 19.7. The van der Waals surface area contributed by atoms with Crippen LogP contribution in [0.15, 0.2) is 0 Å². The summed E-state index contributed by atoms with van der Waals surface area (Å²) in [5.41, 5.74) is -0.147. The molecule has 0 aliphatic heterocycles. The third-order valence-corrected chi connectivity index (χ3v) is 4.97. The number of nitrogens with one attached hydrogen (secondary N) is 2. The van der Waals surface area contributed by atoms with E-state index in [0.717, 1.165) is 12.0 Å². The van der Waals surface area contributed by atoms with E-state index in [0.29, 0.717) is 25.4 Å². The number of hydrogen-bond donors (Lipinski definition) is 2. The van der Waals surface area contributed by atoms with E-state index in [4.69, 9.17) is 4.74 Å². The Balaban J connectivity index is 4.39. The van der Waals surface area contributed by atoms with Gasteiger partial charge in [0.25, 0.3) is 0 Å². The fourth-order valence-corrected chi connectivity index (χ4v) is 3.28. The first-order valence-corrected chi connectivity index (χ1v) is 10.1. The van der Waals surface area contributed by atoms with E-state index in [2.05, 4.69) is 45.3 Å². The van der Waals surface area contributed by atoms with Crippen molar-refractivity contribution in [2.45, 2.75) is 83.7 Å². The lowest BCUT2D eigenvalue weighted by Crippen LogP contribution is -2.48. The van der Waals surface area contributed by atoms with Crippen molar-refractivity contribution in [2.75, 3.05) is 19.4 Å². The van der Waals surface area contributed by atoms with E-state index in [1.165, 1.54) is 0 Å². The lowest BCUT2D eigenvalue weighted by Gasteiger charge is -2.29. The van der Waals surface area contributed by atoms with Crippen molar-refractivity contribution in [2.24, 2.45) is 5.92 Å². The van der Waals surface area contributed by atoms with Crippen molar-refractivity contribution < 1.29 is 14.3 Å². The van der Waals surface area contributed by atoms with Gasteiger partial charge >= 0.3 is 0 Å². The zero-order valence-corrected chi connectivity index (χ0v) is 18.1. The van der Waals surface area contributed by atoms with Gasteiger partial charge in [-0.15, -0.1) is 0 Å². The van der Waals surface area contributed by atoms with Crippen molar-refractivity contribution in [1.29, 1.82) is 0 Å². The SMILES string of the molecule is CN[C@@H](CCSC(C)(C)COC(C)(C)C)C(=O)N[C@H](C=O)CC(C)C. The van der Waals surface area contributed by atoms with Crippen molar-refractivity contribution in [3.8, 4) is 0 Å². The number of hydrogen-bond acceptors (Lipinski definition) is 5. The van der Waals surface area contributed by atoms with Gasteiger partial charge in [-0.2, -0.15) is 11.8 Å². The first kappa shape index (κ1) is 24.4. The fourth-order valence-electron chi connectivity index (χ4n) is 2.23. The molecule has 0 aromatic rings. The van der Waals surface area contributed by atoms with Crippen molar-refractivity contribution in [1.82, 2.24) is 10.6 Å². The topological polar surface area (TPSA) is 67.4 Å². The van der Waals surface area contributed by atoms with Gasteiger partial charge in [0.1, 0.15) is 6.29 Å². The quantitative estimate of drug-likeness (QED) is 0.514. The average molecular weight is 375 g/mol. The summed E-state index contributed by atoms with van der Waals surface area (Å²) < 4.78 is 5.87. The van der Waals surface area contributed by atoms with Crippen LogP contribution in [0.5, 0.6) is 0 Å². The molecule has 0 spiro atoms. The minimum atomic E-state index is -0.410. The highest BCUT2D eigenvalue weighted by Gasteiger charge is 2.25. The number of thioether (sulfide) groups is 1. The number of carbonyl (C=O) groups excluding carboxylic acids is 2. The van der Waals surface area contributed by atoms with Gasteiger partial charge in [0.2, 0.25) is 5.91 Å². The number of rotatable bonds is 12.